The fraction of sp³-hybridized carbons (Fsp3) is 0.667. The van der Waals surface area contributed by atoms with Crippen molar-refractivity contribution in [3.63, 3.8) is 0 Å². The van der Waals surface area contributed by atoms with Crippen molar-refractivity contribution >= 4 is 11.7 Å². The Morgan fingerprint density at radius 3 is 2.62 bits per heavy atom. The molecule has 0 aliphatic rings. The van der Waals surface area contributed by atoms with Crippen LogP contribution in [-0.4, -0.2) is 11.7 Å². The van der Waals surface area contributed by atoms with Gasteiger partial charge in [-0.15, -0.1) is 0 Å². The summed E-state index contributed by atoms with van der Waals surface area (Å²) in [5.74, 6) is -0.483. The highest BCUT2D eigenvalue weighted by Gasteiger charge is 2.06. The molecule has 0 bridgehead atoms. The first-order valence-corrected chi connectivity index (χ1v) is 4.20. The number of carbonyl (C=O) groups excluding carboxylic acids is 1. The van der Waals surface area contributed by atoms with Gasteiger partial charge in [-0.1, -0.05) is 12.1 Å². The predicted molar refractivity (Wildman–Crippen MR) is 48.9 cm³/mol. The van der Waals surface area contributed by atoms with Crippen LogP contribution in [0.15, 0.2) is 5.16 Å². The molecule has 0 aromatic carbocycles. The Bertz CT molecular complexity index is 240. The third-order valence-corrected chi connectivity index (χ3v) is 1.55. The van der Waals surface area contributed by atoms with Crippen LogP contribution in [-0.2, 0) is 9.63 Å². The van der Waals surface area contributed by atoms with Crippen molar-refractivity contribution in [1.82, 2.24) is 0 Å². The van der Waals surface area contributed by atoms with Crippen LogP contribution in [0.3, 0.4) is 0 Å². The molecule has 0 aromatic rings. The van der Waals surface area contributed by atoms with Crippen molar-refractivity contribution in [3.8, 4) is 6.07 Å². The van der Waals surface area contributed by atoms with Gasteiger partial charge < -0.3 is 4.84 Å². The van der Waals surface area contributed by atoms with E-state index in [2.05, 4.69) is 16.1 Å². The number of nitrogens with zero attached hydrogens (tertiary/aromatic N) is 2. The standard InChI is InChI=1S/C9H14N2O2/c1-4-9(6-10)5-7(2)11-13-8(3)12/h9H,4-5H2,1-3H3. The Kier molecular flexibility index (Phi) is 5.53. The van der Waals surface area contributed by atoms with Crippen molar-refractivity contribution < 1.29 is 9.63 Å². The first kappa shape index (κ1) is 11.6. The number of oxime groups is 1. The highest BCUT2D eigenvalue weighted by molar-refractivity contribution is 5.82. The molecular formula is C9H14N2O2. The van der Waals surface area contributed by atoms with E-state index in [1.54, 1.807) is 6.92 Å². The van der Waals surface area contributed by atoms with Gasteiger partial charge in [0.2, 0.25) is 0 Å². The van der Waals surface area contributed by atoms with Crippen molar-refractivity contribution in [3.05, 3.63) is 0 Å². The molecule has 0 spiro atoms. The van der Waals surface area contributed by atoms with Gasteiger partial charge in [-0.05, 0) is 13.3 Å². The SMILES string of the molecule is CCC(C#N)CC(C)=NOC(C)=O. The van der Waals surface area contributed by atoms with E-state index in [9.17, 15) is 4.79 Å². The fourth-order valence-electron chi connectivity index (χ4n) is 0.817. The molecule has 13 heavy (non-hydrogen) atoms. The van der Waals surface area contributed by atoms with Crippen LogP contribution < -0.4 is 0 Å². The topological polar surface area (TPSA) is 62.4 Å². The highest BCUT2D eigenvalue weighted by atomic mass is 16.7. The number of hydrogen-bond donors (Lipinski definition) is 0. The van der Waals surface area contributed by atoms with Gasteiger partial charge in [0.1, 0.15) is 0 Å². The van der Waals surface area contributed by atoms with E-state index in [1.807, 2.05) is 6.92 Å². The van der Waals surface area contributed by atoms with Crippen LogP contribution in [0.1, 0.15) is 33.6 Å². The Balaban J connectivity index is 3.98. The maximum Gasteiger partial charge on any atom is 0.331 e. The fourth-order valence-corrected chi connectivity index (χ4v) is 0.817. The lowest BCUT2D eigenvalue weighted by Crippen LogP contribution is -2.04. The maximum absolute atomic E-state index is 10.4. The third kappa shape index (κ3) is 5.85. The van der Waals surface area contributed by atoms with Crippen molar-refractivity contribution in [1.29, 1.82) is 5.26 Å². The number of rotatable bonds is 4. The Morgan fingerprint density at radius 1 is 1.62 bits per heavy atom. The van der Waals surface area contributed by atoms with Crippen molar-refractivity contribution in [2.45, 2.75) is 33.6 Å². The second kappa shape index (κ2) is 6.18. The van der Waals surface area contributed by atoms with E-state index in [-0.39, 0.29) is 5.92 Å². The zero-order valence-corrected chi connectivity index (χ0v) is 8.20. The number of carbonyl (C=O) groups is 1. The first-order chi connectivity index (χ1) is 6.10. The summed E-state index contributed by atoms with van der Waals surface area (Å²) in [5, 5.41) is 12.2. The molecule has 4 heteroatoms. The summed E-state index contributed by atoms with van der Waals surface area (Å²) in [4.78, 5) is 14.8. The minimum absolute atomic E-state index is 0.0423. The molecule has 0 heterocycles. The van der Waals surface area contributed by atoms with E-state index in [0.29, 0.717) is 12.1 Å². The van der Waals surface area contributed by atoms with Gasteiger partial charge in [0.05, 0.1) is 17.7 Å². The zero-order chi connectivity index (χ0) is 10.3. The molecular weight excluding hydrogens is 168 g/mol. The lowest BCUT2D eigenvalue weighted by molar-refractivity contribution is -0.140. The van der Waals surface area contributed by atoms with Crippen molar-refractivity contribution in [2.24, 2.45) is 11.1 Å². The molecule has 0 aromatic heterocycles. The summed E-state index contributed by atoms with van der Waals surface area (Å²) in [6.07, 6.45) is 1.34. The maximum atomic E-state index is 10.4. The quantitative estimate of drug-likeness (QED) is 0.378. The molecule has 0 saturated heterocycles. The lowest BCUT2D eigenvalue weighted by atomic mass is 10.0. The molecule has 0 radical (unpaired) electrons. The monoisotopic (exact) mass is 182 g/mol. The molecule has 0 aliphatic heterocycles. The highest BCUT2D eigenvalue weighted by Crippen LogP contribution is 2.07. The summed E-state index contributed by atoms with van der Waals surface area (Å²) in [6.45, 7) is 4.97. The van der Waals surface area contributed by atoms with Gasteiger partial charge in [-0.25, -0.2) is 4.79 Å². The second-order valence-electron chi connectivity index (χ2n) is 2.85. The van der Waals surface area contributed by atoms with Crippen LogP contribution in [0.5, 0.6) is 0 Å². The molecule has 0 fully saturated rings. The summed E-state index contributed by atoms with van der Waals surface area (Å²) in [7, 11) is 0. The van der Waals surface area contributed by atoms with Crippen LogP contribution in [0.2, 0.25) is 0 Å². The molecule has 0 N–H and O–H groups in total. The van der Waals surface area contributed by atoms with E-state index >= 15 is 0 Å². The zero-order valence-electron chi connectivity index (χ0n) is 8.20. The normalized spacial score (nSPS) is 13.2. The molecule has 72 valence electrons. The number of nitriles is 1. The average molecular weight is 182 g/mol. The molecule has 0 amide bonds. The molecule has 1 unspecified atom stereocenters. The first-order valence-electron chi connectivity index (χ1n) is 4.20. The van der Waals surface area contributed by atoms with Gasteiger partial charge in [-0.3, -0.25) is 0 Å². The smallest absolute Gasteiger partial charge is 0.319 e. The van der Waals surface area contributed by atoms with Gasteiger partial charge in [0.15, 0.2) is 0 Å². The summed E-state index contributed by atoms with van der Waals surface area (Å²) >= 11 is 0. The predicted octanol–water partition coefficient (Wildman–Crippen LogP) is 1.87. The van der Waals surface area contributed by atoms with Crippen LogP contribution in [0.4, 0.5) is 0 Å². The molecule has 0 saturated carbocycles. The second-order valence-corrected chi connectivity index (χ2v) is 2.85. The molecule has 0 rings (SSSR count). The van der Waals surface area contributed by atoms with Gasteiger partial charge in [0.25, 0.3) is 0 Å². The van der Waals surface area contributed by atoms with Gasteiger partial charge in [-0.2, -0.15) is 5.26 Å². The van der Waals surface area contributed by atoms with Gasteiger partial charge in [0, 0.05) is 13.3 Å². The average Bonchev–Trinajstić information content (AvgIpc) is 2.10. The summed E-state index contributed by atoms with van der Waals surface area (Å²) < 4.78 is 0. The van der Waals surface area contributed by atoms with Crippen LogP contribution in [0.25, 0.3) is 0 Å². The van der Waals surface area contributed by atoms with Crippen LogP contribution >= 0.6 is 0 Å². The van der Waals surface area contributed by atoms with E-state index in [1.165, 1.54) is 6.92 Å². The van der Waals surface area contributed by atoms with Crippen LogP contribution in [0, 0.1) is 17.2 Å². The summed E-state index contributed by atoms with van der Waals surface area (Å²) in [5.41, 5.74) is 0.670. The van der Waals surface area contributed by atoms with E-state index in [0.717, 1.165) is 6.42 Å². The molecule has 1 atom stereocenters. The minimum atomic E-state index is -0.440. The Hall–Kier alpha value is -1.37. The Morgan fingerprint density at radius 2 is 2.23 bits per heavy atom. The molecule has 4 nitrogen and oxygen atoms in total. The van der Waals surface area contributed by atoms with Gasteiger partial charge >= 0.3 is 5.97 Å². The minimum Gasteiger partial charge on any atom is -0.319 e. The van der Waals surface area contributed by atoms with E-state index in [4.69, 9.17) is 5.26 Å². The van der Waals surface area contributed by atoms with Crippen molar-refractivity contribution in [2.75, 3.05) is 0 Å². The summed E-state index contributed by atoms with van der Waals surface area (Å²) in [6, 6.07) is 2.15. The largest absolute Gasteiger partial charge is 0.331 e. The lowest BCUT2D eigenvalue weighted by Gasteiger charge is -2.03. The third-order valence-electron chi connectivity index (χ3n) is 1.55. The number of hydrogen-bond acceptors (Lipinski definition) is 4. The van der Waals surface area contributed by atoms with E-state index < -0.39 is 5.97 Å². The Labute approximate surface area is 78.2 Å². The molecule has 0 aliphatic carbocycles.